The summed E-state index contributed by atoms with van der Waals surface area (Å²) < 4.78 is 44.5. The molecule has 1 saturated carbocycles. The van der Waals surface area contributed by atoms with Crippen LogP contribution in [0.15, 0.2) is 53.4 Å². The minimum Gasteiger partial charge on any atom is -0.465 e. The van der Waals surface area contributed by atoms with Crippen molar-refractivity contribution >= 4 is 15.8 Å². The normalized spacial score (nSPS) is 24.9. The predicted octanol–water partition coefficient (Wildman–Crippen LogP) is 2.33. The Morgan fingerprint density at radius 2 is 1.73 bits per heavy atom. The van der Waals surface area contributed by atoms with Crippen molar-refractivity contribution in [3.63, 3.8) is 0 Å². The number of carbonyl (C=O) groups excluding carboxylic acids is 1. The van der Waals surface area contributed by atoms with Gasteiger partial charge in [0, 0.05) is 5.92 Å². The summed E-state index contributed by atoms with van der Waals surface area (Å²) in [4.78, 5) is 12.5. The molecule has 0 aliphatic heterocycles. The molecule has 7 heteroatoms. The lowest BCUT2D eigenvalue weighted by Gasteiger charge is -2.11. The summed E-state index contributed by atoms with van der Waals surface area (Å²) >= 11 is 0. The molecule has 26 heavy (non-hydrogen) atoms. The molecule has 2 aromatic rings. The third-order valence-electron chi connectivity index (χ3n) is 4.72. The maximum absolute atomic E-state index is 13.2. The summed E-state index contributed by atoms with van der Waals surface area (Å²) in [5.74, 6) is -2.02. The molecule has 0 amide bonds. The Hall–Kier alpha value is -2.25. The molecule has 0 bridgehead atoms. The fraction of sp³-hybridized carbons (Fsp3) is 0.316. The Morgan fingerprint density at radius 1 is 1.15 bits per heavy atom. The van der Waals surface area contributed by atoms with Crippen LogP contribution in [0, 0.1) is 12.7 Å². The van der Waals surface area contributed by atoms with Crippen LogP contribution in [0.3, 0.4) is 0 Å². The molecule has 2 N–H and O–H groups in total. The minimum atomic E-state index is -3.88. The molecule has 1 aliphatic rings. The number of halogens is 1. The van der Waals surface area contributed by atoms with Gasteiger partial charge in [-0.3, -0.25) is 0 Å². The van der Waals surface area contributed by atoms with E-state index in [1.54, 1.807) is 19.1 Å². The molecule has 1 fully saturated rings. The molecule has 0 aromatic heterocycles. The van der Waals surface area contributed by atoms with Gasteiger partial charge in [0.25, 0.3) is 0 Å². The van der Waals surface area contributed by atoms with E-state index in [-0.39, 0.29) is 11.5 Å². The van der Waals surface area contributed by atoms with Crippen molar-refractivity contribution in [2.24, 2.45) is 5.73 Å². The van der Waals surface area contributed by atoms with Crippen LogP contribution in [-0.2, 0) is 19.4 Å². The number of hydrogen-bond donors (Lipinski definition) is 1. The molecule has 0 spiro atoms. The lowest BCUT2D eigenvalue weighted by molar-refractivity contribution is -0.145. The summed E-state index contributed by atoms with van der Waals surface area (Å²) in [5.41, 5.74) is 5.95. The van der Waals surface area contributed by atoms with E-state index in [4.69, 9.17) is 10.5 Å². The first kappa shape index (κ1) is 18.5. The van der Waals surface area contributed by atoms with Gasteiger partial charge in [0.15, 0.2) is 9.84 Å². The van der Waals surface area contributed by atoms with Gasteiger partial charge in [-0.25, -0.2) is 17.6 Å². The van der Waals surface area contributed by atoms with E-state index < -0.39 is 38.3 Å². The predicted molar refractivity (Wildman–Crippen MR) is 94.8 cm³/mol. The number of esters is 1. The number of aryl methyl sites for hydroxylation is 1. The fourth-order valence-corrected chi connectivity index (χ4v) is 5.53. The lowest BCUT2D eigenvalue weighted by atomic mass is 10.1. The van der Waals surface area contributed by atoms with Gasteiger partial charge < -0.3 is 10.5 Å². The maximum Gasteiger partial charge on any atom is 0.328 e. The van der Waals surface area contributed by atoms with Crippen LogP contribution in [0.25, 0.3) is 0 Å². The van der Waals surface area contributed by atoms with Gasteiger partial charge in [-0.2, -0.15) is 0 Å². The van der Waals surface area contributed by atoms with Crippen molar-refractivity contribution in [3.8, 4) is 0 Å². The number of hydrogen-bond acceptors (Lipinski definition) is 5. The molecule has 138 valence electrons. The first-order valence-corrected chi connectivity index (χ1v) is 9.79. The van der Waals surface area contributed by atoms with Crippen LogP contribution in [0.2, 0.25) is 0 Å². The molecule has 1 aliphatic carbocycles. The van der Waals surface area contributed by atoms with Gasteiger partial charge in [0.1, 0.15) is 16.6 Å². The number of carbonyl (C=O) groups is 1. The monoisotopic (exact) mass is 377 g/mol. The van der Waals surface area contributed by atoms with E-state index in [9.17, 15) is 17.6 Å². The van der Waals surface area contributed by atoms with Crippen molar-refractivity contribution in [2.75, 3.05) is 6.61 Å². The molecule has 0 heterocycles. The highest BCUT2D eigenvalue weighted by Gasteiger charge is 2.74. The second kappa shape index (κ2) is 6.48. The van der Waals surface area contributed by atoms with Crippen molar-refractivity contribution in [3.05, 3.63) is 65.5 Å². The zero-order valence-corrected chi connectivity index (χ0v) is 15.3. The van der Waals surface area contributed by atoms with Gasteiger partial charge in [-0.15, -0.1) is 0 Å². The lowest BCUT2D eigenvalue weighted by Crippen LogP contribution is -2.41. The standard InChI is InChI=1S/C19H20FNO4S/c1-3-25-18(22)19(21)16(13-6-8-14(20)9-7-13)17(19)26(23,24)15-10-4-12(2)5-11-15/h4-11,16-17H,3,21H2,1-2H3/t16-,17-,19-/m0/s1. The Labute approximate surface area is 151 Å². The summed E-state index contributed by atoms with van der Waals surface area (Å²) in [6.45, 7) is 3.56. The average molecular weight is 377 g/mol. The van der Waals surface area contributed by atoms with Gasteiger partial charge in [0.2, 0.25) is 0 Å². The van der Waals surface area contributed by atoms with Crippen LogP contribution in [0.1, 0.15) is 24.0 Å². The third-order valence-corrected chi connectivity index (χ3v) is 6.98. The molecular formula is C19H20FNO4S. The highest BCUT2D eigenvalue weighted by molar-refractivity contribution is 7.92. The quantitative estimate of drug-likeness (QED) is 0.808. The summed E-state index contributed by atoms with van der Waals surface area (Å²) in [5, 5.41) is -1.16. The average Bonchev–Trinajstić information content (AvgIpc) is 3.25. The second-order valence-electron chi connectivity index (χ2n) is 6.46. The van der Waals surface area contributed by atoms with Crippen molar-refractivity contribution in [1.29, 1.82) is 0 Å². The smallest absolute Gasteiger partial charge is 0.328 e. The van der Waals surface area contributed by atoms with Gasteiger partial charge in [0.05, 0.1) is 11.5 Å². The minimum absolute atomic E-state index is 0.0885. The SMILES string of the molecule is CCOC(=O)[C@]1(N)[C@@H](c2ccc(F)cc2)[C@@H]1S(=O)(=O)c1ccc(C)cc1. The van der Waals surface area contributed by atoms with Crippen molar-refractivity contribution < 1.29 is 22.3 Å². The topological polar surface area (TPSA) is 86.5 Å². The van der Waals surface area contributed by atoms with Crippen LogP contribution in [0.5, 0.6) is 0 Å². The molecule has 0 unspecified atom stereocenters. The number of rotatable bonds is 5. The largest absolute Gasteiger partial charge is 0.465 e. The van der Waals surface area contributed by atoms with Crippen LogP contribution < -0.4 is 5.73 Å². The first-order valence-electron chi connectivity index (χ1n) is 8.25. The number of benzene rings is 2. The number of ether oxygens (including phenoxy) is 1. The highest BCUT2D eigenvalue weighted by Crippen LogP contribution is 2.56. The van der Waals surface area contributed by atoms with E-state index in [2.05, 4.69) is 0 Å². The number of nitrogens with two attached hydrogens (primary N) is 1. The van der Waals surface area contributed by atoms with Crippen molar-refractivity contribution in [2.45, 2.75) is 35.4 Å². The Kier molecular flexibility index (Phi) is 4.62. The van der Waals surface area contributed by atoms with Gasteiger partial charge in [-0.1, -0.05) is 29.8 Å². The first-order chi connectivity index (χ1) is 12.2. The summed E-state index contributed by atoms with van der Waals surface area (Å²) in [6.07, 6.45) is 0. The Morgan fingerprint density at radius 3 is 2.27 bits per heavy atom. The molecule has 2 aromatic carbocycles. The maximum atomic E-state index is 13.2. The van der Waals surface area contributed by atoms with Crippen LogP contribution in [-0.4, -0.2) is 31.8 Å². The van der Waals surface area contributed by atoms with Crippen molar-refractivity contribution in [1.82, 2.24) is 0 Å². The highest BCUT2D eigenvalue weighted by atomic mass is 32.2. The zero-order chi connectivity index (χ0) is 19.1. The van der Waals surface area contributed by atoms with E-state index in [0.717, 1.165) is 5.56 Å². The molecule has 0 radical (unpaired) electrons. The summed E-state index contributed by atoms with van der Waals surface area (Å²) in [6, 6.07) is 11.7. The van der Waals surface area contributed by atoms with Crippen LogP contribution >= 0.6 is 0 Å². The Balaban J connectivity index is 2.06. The van der Waals surface area contributed by atoms with Crippen LogP contribution in [0.4, 0.5) is 4.39 Å². The second-order valence-corrected chi connectivity index (χ2v) is 8.53. The third kappa shape index (κ3) is 2.91. The van der Waals surface area contributed by atoms with E-state index in [1.807, 2.05) is 6.92 Å². The van der Waals surface area contributed by atoms with E-state index in [1.165, 1.54) is 36.4 Å². The molecular weight excluding hydrogens is 357 g/mol. The number of sulfone groups is 1. The van der Waals surface area contributed by atoms with Gasteiger partial charge in [-0.05, 0) is 43.7 Å². The van der Waals surface area contributed by atoms with E-state index >= 15 is 0 Å². The molecule has 5 nitrogen and oxygen atoms in total. The molecule has 3 rings (SSSR count). The zero-order valence-electron chi connectivity index (χ0n) is 14.5. The van der Waals surface area contributed by atoms with E-state index in [0.29, 0.717) is 5.56 Å². The molecule has 3 atom stereocenters. The molecule has 0 saturated heterocycles. The van der Waals surface area contributed by atoms with Gasteiger partial charge >= 0.3 is 5.97 Å². The Bertz CT molecular complexity index is 925. The fourth-order valence-electron chi connectivity index (χ4n) is 3.30. The summed E-state index contributed by atoms with van der Waals surface area (Å²) in [7, 11) is -3.88.